The van der Waals surface area contributed by atoms with Crippen molar-refractivity contribution in [2.45, 2.75) is 12.8 Å². The third-order valence-electron chi connectivity index (χ3n) is 3.20. The van der Waals surface area contributed by atoms with Gasteiger partial charge in [-0.1, -0.05) is 35.4 Å². The molecule has 0 aliphatic heterocycles. The molecule has 0 amide bonds. The van der Waals surface area contributed by atoms with Crippen molar-refractivity contribution in [3.63, 3.8) is 0 Å². The molecule has 0 saturated heterocycles. The maximum absolute atomic E-state index is 3.30. The zero-order valence-corrected chi connectivity index (χ0v) is 17.1. The summed E-state index contributed by atoms with van der Waals surface area (Å²) in [5, 5.41) is 0. The molecule has 0 N–H and O–H groups in total. The molecule has 0 atom stereocenters. The quantitative estimate of drug-likeness (QED) is 0.339. The zero-order chi connectivity index (χ0) is 12.2. The minimum absolute atomic E-state index is 0. The van der Waals surface area contributed by atoms with Gasteiger partial charge in [0.05, 0.1) is 0 Å². The van der Waals surface area contributed by atoms with Gasteiger partial charge in [-0.05, 0) is 6.42 Å². The number of hydrogen-bond acceptors (Lipinski definition) is 0. The second kappa shape index (κ2) is 10.5. The summed E-state index contributed by atoms with van der Waals surface area (Å²) in [7, 11) is 0. The number of rotatable bonds is 0. The van der Waals surface area contributed by atoms with E-state index in [9.17, 15) is 0 Å². The van der Waals surface area contributed by atoms with E-state index in [4.69, 9.17) is 0 Å². The van der Waals surface area contributed by atoms with Crippen LogP contribution >= 0.6 is 0 Å². The van der Waals surface area contributed by atoms with E-state index in [1.807, 2.05) is 18.2 Å². The Bertz CT molecular complexity index is 565. The molecule has 2 aliphatic rings. The molecule has 0 fully saturated rings. The Morgan fingerprint density at radius 1 is 0.905 bits per heavy atom. The van der Waals surface area contributed by atoms with Crippen LogP contribution in [0.25, 0.3) is 11.1 Å². The van der Waals surface area contributed by atoms with E-state index >= 15 is 0 Å². The Morgan fingerprint density at radius 2 is 1.67 bits per heavy atom. The standard InChI is InChI=1S/C13H9.C5H5.2BrH.Zr/c1-3-7-12-10(5-1)9-11-6-2-4-8-13(11)12;1-2-4-5-3-1;;;/h1-5,7-8H,9H2;1-3H,4H2;2*1H;/q2*-1;;;+4/p-2. The van der Waals surface area contributed by atoms with Gasteiger partial charge in [0.2, 0.25) is 0 Å². The maximum atomic E-state index is 3.30. The fraction of sp³-hybridized carbons (Fsp3) is 0.111. The Labute approximate surface area is 167 Å². The molecule has 0 bridgehead atoms. The smallest absolute Gasteiger partial charge is 1.00 e. The van der Waals surface area contributed by atoms with Gasteiger partial charge in [0.1, 0.15) is 0 Å². The Balaban J connectivity index is 0.000000437. The minimum atomic E-state index is 0. The average molecular weight is 481 g/mol. The van der Waals surface area contributed by atoms with Crippen LogP contribution < -0.4 is 34.0 Å². The number of benzene rings is 2. The van der Waals surface area contributed by atoms with E-state index in [2.05, 4.69) is 54.6 Å². The van der Waals surface area contributed by atoms with Crippen molar-refractivity contribution in [3.05, 3.63) is 84.0 Å². The van der Waals surface area contributed by atoms with Gasteiger partial charge in [0.15, 0.2) is 0 Å². The van der Waals surface area contributed by atoms with Gasteiger partial charge < -0.3 is 34.0 Å². The number of hydrogen-bond donors (Lipinski definition) is 0. The summed E-state index contributed by atoms with van der Waals surface area (Å²) in [6.45, 7) is 0. The van der Waals surface area contributed by atoms with Crippen LogP contribution in [-0.4, -0.2) is 0 Å². The van der Waals surface area contributed by atoms with Gasteiger partial charge in [-0.25, -0.2) is 12.2 Å². The first kappa shape index (κ1) is 20.8. The molecule has 0 saturated carbocycles. The molecule has 3 heteroatoms. The first-order valence-electron chi connectivity index (χ1n) is 6.25. The molecule has 0 unspecified atom stereocenters. The molecule has 0 spiro atoms. The molecule has 2 aromatic rings. The van der Waals surface area contributed by atoms with E-state index in [0.717, 1.165) is 12.8 Å². The molecule has 2 aromatic carbocycles. The van der Waals surface area contributed by atoms with E-state index in [1.54, 1.807) is 0 Å². The van der Waals surface area contributed by atoms with Gasteiger partial charge in [0, 0.05) is 0 Å². The monoisotopic (exact) mass is 478 g/mol. The summed E-state index contributed by atoms with van der Waals surface area (Å²) in [5.74, 6) is 0. The predicted molar refractivity (Wildman–Crippen MR) is 75.1 cm³/mol. The third-order valence-corrected chi connectivity index (χ3v) is 3.20. The molecule has 4 rings (SSSR count). The molecule has 0 radical (unpaired) electrons. The van der Waals surface area contributed by atoms with Crippen LogP contribution in [0.4, 0.5) is 0 Å². The van der Waals surface area contributed by atoms with Crippen molar-refractivity contribution in [1.29, 1.82) is 0 Å². The number of halogens is 2. The van der Waals surface area contributed by atoms with Gasteiger partial charge in [0.25, 0.3) is 0 Å². The summed E-state index contributed by atoms with van der Waals surface area (Å²) in [5.41, 5.74) is 5.51. The first-order chi connectivity index (χ1) is 8.95. The number of allylic oxidation sites excluding steroid dienone is 4. The van der Waals surface area contributed by atoms with Crippen LogP contribution in [0.3, 0.4) is 0 Å². The van der Waals surface area contributed by atoms with Gasteiger partial charge in [-0.3, -0.25) is 6.08 Å². The van der Waals surface area contributed by atoms with Gasteiger partial charge >= 0.3 is 26.2 Å². The normalized spacial score (nSPS) is 11.8. The fourth-order valence-corrected chi connectivity index (χ4v) is 2.34. The minimum Gasteiger partial charge on any atom is -1.00 e. The Morgan fingerprint density at radius 3 is 2.33 bits per heavy atom. The summed E-state index contributed by atoms with van der Waals surface area (Å²) < 4.78 is 0. The van der Waals surface area contributed by atoms with Crippen molar-refractivity contribution in [1.82, 2.24) is 0 Å². The second-order valence-corrected chi connectivity index (χ2v) is 4.40. The molecule has 104 valence electrons. The molecule has 0 aromatic heterocycles. The molecular weight excluding hydrogens is 467 g/mol. The van der Waals surface area contributed by atoms with Crippen LogP contribution in [0.5, 0.6) is 0 Å². The summed E-state index contributed by atoms with van der Waals surface area (Å²) >= 11 is 0. The van der Waals surface area contributed by atoms with E-state index in [-0.39, 0.29) is 60.2 Å². The maximum Gasteiger partial charge on any atom is 4.00 e. The molecule has 0 nitrogen and oxygen atoms in total. The van der Waals surface area contributed by atoms with Crippen LogP contribution in [0.15, 0.2) is 60.7 Å². The molecule has 21 heavy (non-hydrogen) atoms. The zero-order valence-electron chi connectivity index (χ0n) is 11.4. The van der Waals surface area contributed by atoms with Crippen LogP contribution in [0.1, 0.15) is 17.5 Å². The van der Waals surface area contributed by atoms with Crippen molar-refractivity contribution < 1.29 is 60.2 Å². The van der Waals surface area contributed by atoms with Crippen molar-refractivity contribution in [3.8, 4) is 11.1 Å². The molecule has 2 aliphatic carbocycles. The van der Waals surface area contributed by atoms with Crippen LogP contribution in [0.2, 0.25) is 0 Å². The van der Waals surface area contributed by atoms with Crippen LogP contribution in [0, 0.1) is 12.1 Å². The van der Waals surface area contributed by atoms with Crippen molar-refractivity contribution in [2.75, 3.05) is 0 Å². The van der Waals surface area contributed by atoms with E-state index in [1.165, 1.54) is 22.3 Å². The topological polar surface area (TPSA) is 0 Å². The number of fused-ring (bicyclic) bond motifs is 3. The molecule has 0 heterocycles. The van der Waals surface area contributed by atoms with Crippen molar-refractivity contribution >= 4 is 0 Å². The third kappa shape index (κ3) is 5.16. The summed E-state index contributed by atoms with van der Waals surface area (Å²) in [6.07, 6.45) is 11.0. The first-order valence-corrected chi connectivity index (χ1v) is 6.25. The largest absolute Gasteiger partial charge is 4.00 e. The average Bonchev–Trinajstić information content (AvgIpc) is 3.10. The van der Waals surface area contributed by atoms with Gasteiger partial charge in [-0.15, -0.1) is 12.0 Å². The van der Waals surface area contributed by atoms with Gasteiger partial charge in [-0.2, -0.15) is 35.9 Å². The Kier molecular flexibility index (Phi) is 10.4. The predicted octanol–water partition coefficient (Wildman–Crippen LogP) is -1.63. The second-order valence-electron chi connectivity index (χ2n) is 4.40. The Hall–Kier alpha value is -0.237. The molecular formula is C18H14Br2Zr. The fourth-order valence-electron chi connectivity index (χ4n) is 2.34. The van der Waals surface area contributed by atoms with Crippen LogP contribution in [-0.2, 0) is 32.6 Å². The van der Waals surface area contributed by atoms with E-state index < -0.39 is 0 Å². The van der Waals surface area contributed by atoms with E-state index in [0.29, 0.717) is 0 Å². The summed E-state index contributed by atoms with van der Waals surface area (Å²) in [6, 6.07) is 18.1. The SMILES string of the molecule is [Br-].[Br-].[C-]1=CC=CC1.[Zr+4].[c-]1cccc2c1Cc1ccccc1-2. The van der Waals surface area contributed by atoms with Crippen molar-refractivity contribution in [2.24, 2.45) is 0 Å². The summed E-state index contributed by atoms with van der Waals surface area (Å²) in [4.78, 5) is 0.